The minimum absolute atomic E-state index is 0.140. The highest BCUT2D eigenvalue weighted by atomic mass is 16.2. The van der Waals surface area contributed by atoms with Gasteiger partial charge in [-0.2, -0.15) is 5.10 Å². The van der Waals surface area contributed by atoms with Gasteiger partial charge in [-0.1, -0.05) is 30.3 Å². The van der Waals surface area contributed by atoms with Crippen LogP contribution in [0.15, 0.2) is 35.1 Å². The zero-order chi connectivity index (χ0) is 14.7. The third-order valence-corrected chi connectivity index (χ3v) is 3.86. The van der Waals surface area contributed by atoms with Crippen LogP contribution in [0.5, 0.6) is 0 Å². The van der Waals surface area contributed by atoms with Crippen molar-refractivity contribution in [2.45, 2.75) is 25.8 Å². The molecule has 6 nitrogen and oxygen atoms in total. The van der Waals surface area contributed by atoms with E-state index in [-0.39, 0.29) is 11.6 Å². The molecule has 1 aromatic carbocycles. The number of aromatic nitrogens is 3. The van der Waals surface area contributed by atoms with Gasteiger partial charge >= 0.3 is 5.69 Å². The number of aromatic amines is 1. The Morgan fingerprint density at radius 2 is 2.00 bits per heavy atom. The van der Waals surface area contributed by atoms with Crippen LogP contribution in [-0.2, 0) is 24.2 Å². The molecule has 2 heterocycles. The minimum Gasteiger partial charge on any atom is -0.340 e. The normalized spacial score (nSPS) is 14.6. The number of carbonyl (C=O) groups is 1. The van der Waals surface area contributed by atoms with Crippen molar-refractivity contribution < 1.29 is 4.79 Å². The van der Waals surface area contributed by atoms with Gasteiger partial charge in [-0.25, -0.2) is 9.89 Å². The van der Waals surface area contributed by atoms with Crippen LogP contribution in [0.3, 0.4) is 0 Å². The predicted octanol–water partition coefficient (Wildman–Crippen LogP) is 0.589. The molecule has 2 aromatic rings. The Morgan fingerprint density at radius 3 is 2.81 bits per heavy atom. The van der Waals surface area contributed by atoms with Gasteiger partial charge in [0.15, 0.2) is 0 Å². The fourth-order valence-corrected chi connectivity index (χ4v) is 2.64. The lowest BCUT2D eigenvalue weighted by molar-refractivity contribution is -0.131. The van der Waals surface area contributed by atoms with Gasteiger partial charge in [0.2, 0.25) is 5.91 Å². The van der Waals surface area contributed by atoms with Crippen LogP contribution < -0.4 is 5.69 Å². The van der Waals surface area contributed by atoms with E-state index in [2.05, 4.69) is 10.2 Å². The smallest absolute Gasteiger partial charge is 0.340 e. The van der Waals surface area contributed by atoms with Crippen LogP contribution in [0.1, 0.15) is 17.8 Å². The van der Waals surface area contributed by atoms with Crippen molar-refractivity contribution in [1.82, 2.24) is 19.7 Å². The van der Waals surface area contributed by atoms with Crippen LogP contribution in [-0.4, -0.2) is 38.7 Å². The largest absolute Gasteiger partial charge is 0.343 e. The topological polar surface area (TPSA) is 71.0 Å². The maximum absolute atomic E-state index is 12.3. The molecule has 0 atom stereocenters. The Kier molecular flexibility index (Phi) is 3.85. The van der Waals surface area contributed by atoms with E-state index in [4.69, 9.17) is 0 Å². The van der Waals surface area contributed by atoms with E-state index in [9.17, 15) is 9.59 Å². The average molecular weight is 286 g/mol. The van der Waals surface area contributed by atoms with E-state index in [1.54, 1.807) is 4.57 Å². The number of carbonyl (C=O) groups excluding carboxylic acids is 1. The highest BCUT2D eigenvalue weighted by Crippen LogP contribution is 2.08. The summed E-state index contributed by atoms with van der Waals surface area (Å²) in [7, 11) is 0. The molecule has 0 saturated heterocycles. The van der Waals surface area contributed by atoms with Crippen molar-refractivity contribution in [1.29, 1.82) is 0 Å². The summed E-state index contributed by atoms with van der Waals surface area (Å²) in [4.78, 5) is 25.7. The van der Waals surface area contributed by atoms with Gasteiger partial charge in [0, 0.05) is 32.5 Å². The van der Waals surface area contributed by atoms with E-state index in [1.807, 2.05) is 35.2 Å². The number of nitrogens with one attached hydrogen (secondary N) is 1. The lowest BCUT2D eigenvalue weighted by Gasteiger charge is -2.19. The first-order valence-electron chi connectivity index (χ1n) is 7.20. The highest BCUT2D eigenvalue weighted by Gasteiger charge is 2.20. The summed E-state index contributed by atoms with van der Waals surface area (Å²) in [6, 6.07) is 10.0. The summed E-state index contributed by atoms with van der Waals surface area (Å²) in [5.74, 6) is 0.874. The SMILES string of the molecule is O=C(CCc1ccccc1)N1CCc2n[nH]c(=O)n2CC1. The quantitative estimate of drug-likeness (QED) is 0.897. The van der Waals surface area contributed by atoms with Crippen molar-refractivity contribution in [2.24, 2.45) is 0 Å². The van der Waals surface area contributed by atoms with Crippen LogP contribution in [0, 0.1) is 0 Å². The number of hydrogen-bond acceptors (Lipinski definition) is 3. The van der Waals surface area contributed by atoms with Gasteiger partial charge < -0.3 is 4.90 Å². The molecule has 0 bridgehead atoms. The molecule has 110 valence electrons. The van der Waals surface area contributed by atoms with Crippen LogP contribution in [0.2, 0.25) is 0 Å². The van der Waals surface area contributed by atoms with E-state index >= 15 is 0 Å². The monoisotopic (exact) mass is 286 g/mol. The summed E-state index contributed by atoms with van der Waals surface area (Å²) >= 11 is 0. The van der Waals surface area contributed by atoms with Crippen molar-refractivity contribution in [3.05, 3.63) is 52.2 Å². The van der Waals surface area contributed by atoms with E-state index < -0.39 is 0 Å². The van der Waals surface area contributed by atoms with Gasteiger partial charge in [0.25, 0.3) is 0 Å². The Labute approximate surface area is 122 Å². The molecular weight excluding hydrogens is 268 g/mol. The first-order chi connectivity index (χ1) is 10.2. The number of amides is 1. The third-order valence-electron chi connectivity index (χ3n) is 3.86. The number of H-pyrrole nitrogens is 1. The molecule has 0 spiro atoms. The lowest BCUT2D eigenvalue weighted by atomic mass is 10.1. The summed E-state index contributed by atoms with van der Waals surface area (Å²) in [5, 5.41) is 6.44. The van der Waals surface area contributed by atoms with Gasteiger partial charge in [-0.15, -0.1) is 0 Å². The van der Waals surface area contributed by atoms with Gasteiger partial charge in [-0.3, -0.25) is 9.36 Å². The van der Waals surface area contributed by atoms with Gasteiger partial charge in [0.1, 0.15) is 5.82 Å². The minimum atomic E-state index is -0.191. The Balaban J connectivity index is 1.58. The molecule has 0 unspecified atom stereocenters. The second-order valence-electron chi connectivity index (χ2n) is 5.21. The predicted molar refractivity (Wildman–Crippen MR) is 77.9 cm³/mol. The fraction of sp³-hybridized carbons (Fsp3) is 0.400. The van der Waals surface area contributed by atoms with Gasteiger partial charge in [0.05, 0.1) is 0 Å². The summed E-state index contributed by atoms with van der Waals surface area (Å²) in [6.07, 6.45) is 1.87. The molecule has 0 radical (unpaired) electrons. The first kappa shape index (κ1) is 13.6. The second kappa shape index (κ2) is 5.95. The number of benzene rings is 1. The van der Waals surface area contributed by atoms with Crippen molar-refractivity contribution in [3.63, 3.8) is 0 Å². The van der Waals surface area contributed by atoms with Crippen molar-refractivity contribution in [3.8, 4) is 0 Å². The van der Waals surface area contributed by atoms with Crippen LogP contribution in [0.25, 0.3) is 0 Å². The number of rotatable bonds is 3. The Bertz CT molecular complexity index is 674. The summed E-state index contributed by atoms with van der Waals surface area (Å²) in [6.45, 7) is 1.71. The standard InChI is InChI=1S/C15H18N4O2/c20-14(7-6-12-4-2-1-3-5-12)18-9-8-13-16-17-15(21)19(13)11-10-18/h1-5H,6-11H2,(H,17,21). The third kappa shape index (κ3) is 3.04. The molecule has 21 heavy (non-hydrogen) atoms. The number of hydrogen-bond donors (Lipinski definition) is 1. The zero-order valence-corrected chi connectivity index (χ0v) is 11.8. The molecule has 6 heteroatoms. The number of fused-ring (bicyclic) bond motifs is 1. The zero-order valence-electron chi connectivity index (χ0n) is 11.8. The molecule has 0 saturated carbocycles. The Morgan fingerprint density at radius 1 is 1.19 bits per heavy atom. The van der Waals surface area contributed by atoms with Crippen LogP contribution in [0.4, 0.5) is 0 Å². The highest BCUT2D eigenvalue weighted by molar-refractivity contribution is 5.76. The van der Waals surface area contributed by atoms with E-state index in [0.29, 0.717) is 32.5 Å². The average Bonchev–Trinajstić information content (AvgIpc) is 2.74. The lowest BCUT2D eigenvalue weighted by Crippen LogP contribution is -2.34. The maximum Gasteiger partial charge on any atom is 0.343 e. The molecule has 1 amide bonds. The summed E-state index contributed by atoms with van der Waals surface area (Å²) in [5.41, 5.74) is 0.980. The van der Waals surface area contributed by atoms with Crippen molar-refractivity contribution >= 4 is 5.91 Å². The Hall–Kier alpha value is -2.37. The molecule has 3 rings (SSSR count). The molecule has 1 aliphatic rings. The van der Waals surface area contributed by atoms with Gasteiger partial charge in [-0.05, 0) is 12.0 Å². The van der Waals surface area contributed by atoms with Crippen LogP contribution >= 0.6 is 0 Å². The molecule has 0 aliphatic carbocycles. The van der Waals surface area contributed by atoms with Crippen molar-refractivity contribution in [2.75, 3.05) is 13.1 Å². The molecule has 1 N–H and O–H groups in total. The number of nitrogens with zero attached hydrogens (tertiary/aromatic N) is 3. The van der Waals surface area contributed by atoms with E-state index in [1.165, 1.54) is 5.56 Å². The molecule has 1 aliphatic heterocycles. The second-order valence-corrected chi connectivity index (χ2v) is 5.21. The summed E-state index contributed by atoms with van der Waals surface area (Å²) < 4.78 is 1.62. The molecular formula is C15H18N4O2. The fourth-order valence-electron chi connectivity index (χ4n) is 2.64. The maximum atomic E-state index is 12.3. The number of aryl methyl sites for hydroxylation is 1. The van der Waals surface area contributed by atoms with E-state index in [0.717, 1.165) is 12.2 Å². The molecule has 1 aromatic heterocycles. The first-order valence-corrected chi connectivity index (χ1v) is 7.20. The molecule has 0 fully saturated rings.